The fourth-order valence-corrected chi connectivity index (χ4v) is 2.29. The summed E-state index contributed by atoms with van der Waals surface area (Å²) in [7, 11) is 1.65. The zero-order valence-electron chi connectivity index (χ0n) is 10.1. The predicted molar refractivity (Wildman–Crippen MR) is 60.2 cm³/mol. The number of aliphatic hydroxyl groups is 1. The number of nitrogens with zero attached hydrogens (tertiary/aromatic N) is 4. The molecule has 2 rings (SSSR count). The van der Waals surface area contributed by atoms with Gasteiger partial charge in [0.2, 0.25) is 0 Å². The van der Waals surface area contributed by atoms with Crippen LogP contribution in [0.5, 0.6) is 0 Å². The van der Waals surface area contributed by atoms with E-state index in [0.29, 0.717) is 18.7 Å². The van der Waals surface area contributed by atoms with Crippen molar-refractivity contribution in [2.75, 3.05) is 0 Å². The van der Waals surface area contributed by atoms with Crippen LogP contribution in [0.15, 0.2) is 0 Å². The Kier molecular flexibility index (Phi) is 3.51. The van der Waals surface area contributed by atoms with Gasteiger partial charge in [-0.15, -0.1) is 10.2 Å². The fraction of sp³-hybridized carbons (Fsp3) is 0.818. The molecule has 1 aromatic rings. The number of rotatable bonds is 3. The third kappa shape index (κ3) is 2.88. The molecule has 1 aliphatic carbocycles. The van der Waals surface area contributed by atoms with Gasteiger partial charge in [0.1, 0.15) is 5.60 Å². The average Bonchev–Trinajstić information content (AvgIpc) is 2.56. The Hall–Kier alpha value is -1.30. The molecular weight excluding hydrogens is 220 g/mol. The number of carbonyl (C=O) groups excluding carboxylic acids is 1. The van der Waals surface area contributed by atoms with E-state index in [1.54, 1.807) is 7.05 Å². The molecule has 0 aliphatic heterocycles. The van der Waals surface area contributed by atoms with Crippen molar-refractivity contribution in [2.24, 2.45) is 7.05 Å². The molecule has 94 valence electrons. The van der Waals surface area contributed by atoms with Crippen molar-refractivity contribution in [3.63, 3.8) is 0 Å². The molecule has 6 heteroatoms. The highest BCUT2D eigenvalue weighted by Crippen LogP contribution is 2.28. The molecule has 1 fully saturated rings. The van der Waals surface area contributed by atoms with Gasteiger partial charge in [-0.1, -0.05) is 25.7 Å². The first-order valence-electron chi connectivity index (χ1n) is 6.09. The first-order chi connectivity index (χ1) is 8.10. The van der Waals surface area contributed by atoms with Gasteiger partial charge < -0.3 is 5.11 Å². The largest absolute Gasteiger partial charge is 0.382 e. The zero-order chi connectivity index (χ0) is 12.3. The van der Waals surface area contributed by atoms with E-state index < -0.39 is 5.60 Å². The normalized spacial score (nSPS) is 19.9. The molecule has 1 heterocycles. The van der Waals surface area contributed by atoms with E-state index >= 15 is 0 Å². The molecule has 0 saturated heterocycles. The number of hydrogen-bond acceptors (Lipinski definition) is 5. The Morgan fingerprint density at radius 2 is 2.00 bits per heavy atom. The second kappa shape index (κ2) is 4.91. The van der Waals surface area contributed by atoms with E-state index in [-0.39, 0.29) is 12.2 Å². The third-order valence-electron chi connectivity index (χ3n) is 3.32. The SMILES string of the molecule is Cn1nnc(CC(=O)C2(O)CCCCCC2)n1. The minimum absolute atomic E-state index is 0.0737. The Balaban J connectivity index is 2.02. The lowest BCUT2D eigenvalue weighted by atomic mass is 9.88. The Morgan fingerprint density at radius 3 is 2.53 bits per heavy atom. The maximum absolute atomic E-state index is 12.1. The average molecular weight is 238 g/mol. The van der Waals surface area contributed by atoms with Crippen LogP contribution in [0.25, 0.3) is 0 Å². The van der Waals surface area contributed by atoms with Crippen LogP contribution >= 0.6 is 0 Å². The minimum atomic E-state index is -1.17. The first-order valence-corrected chi connectivity index (χ1v) is 6.09. The van der Waals surface area contributed by atoms with Crippen LogP contribution in [0, 0.1) is 0 Å². The van der Waals surface area contributed by atoms with Crippen LogP contribution in [0.4, 0.5) is 0 Å². The Labute approximate surface area is 100 Å². The van der Waals surface area contributed by atoms with Crippen molar-refractivity contribution >= 4 is 5.78 Å². The van der Waals surface area contributed by atoms with Crippen LogP contribution in [0.2, 0.25) is 0 Å². The smallest absolute Gasteiger partial charge is 0.182 e. The quantitative estimate of drug-likeness (QED) is 0.771. The summed E-state index contributed by atoms with van der Waals surface area (Å²) in [4.78, 5) is 13.4. The maximum atomic E-state index is 12.1. The van der Waals surface area contributed by atoms with Crippen molar-refractivity contribution in [1.82, 2.24) is 20.2 Å². The fourth-order valence-electron chi connectivity index (χ4n) is 2.29. The number of tetrazole rings is 1. The van der Waals surface area contributed by atoms with Crippen LogP contribution in [0.1, 0.15) is 44.3 Å². The molecule has 0 amide bonds. The van der Waals surface area contributed by atoms with Crippen molar-refractivity contribution < 1.29 is 9.90 Å². The summed E-state index contributed by atoms with van der Waals surface area (Å²) in [5.74, 6) is 0.211. The molecule has 0 unspecified atom stereocenters. The first kappa shape index (κ1) is 12.2. The van der Waals surface area contributed by atoms with Gasteiger partial charge >= 0.3 is 0 Å². The monoisotopic (exact) mass is 238 g/mol. The van der Waals surface area contributed by atoms with Crippen LogP contribution in [0.3, 0.4) is 0 Å². The maximum Gasteiger partial charge on any atom is 0.182 e. The predicted octanol–water partition coefficient (Wildman–Crippen LogP) is 0.407. The van der Waals surface area contributed by atoms with E-state index in [0.717, 1.165) is 25.7 Å². The molecule has 6 nitrogen and oxygen atoms in total. The summed E-state index contributed by atoms with van der Waals surface area (Å²) >= 11 is 0. The number of aromatic nitrogens is 4. The highest BCUT2D eigenvalue weighted by molar-refractivity contribution is 5.88. The minimum Gasteiger partial charge on any atom is -0.382 e. The van der Waals surface area contributed by atoms with E-state index in [1.807, 2.05) is 0 Å². The van der Waals surface area contributed by atoms with Gasteiger partial charge in [-0.3, -0.25) is 4.79 Å². The number of ketones is 1. The molecule has 17 heavy (non-hydrogen) atoms. The molecular formula is C11H18N4O2. The van der Waals surface area contributed by atoms with Gasteiger partial charge in [-0.25, -0.2) is 0 Å². The summed E-state index contributed by atoms with van der Waals surface area (Å²) in [6, 6.07) is 0. The third-order valence-corrected chi connectivity index (χ3v) is 3.32. The molecule has 1 saturated carbocycles. The number of hydrogen-bond donors (Lipinski definition) is 1. The van der Waals surface area contributed by atoms with E-state index in [1.165, 1.54) is 4.80 Å². The lowest BCUT2D eigenvalue weighted by Crippen LogP contribution is -2.39. The van der Waals surface area contributed by atoms with E-state index in [2.05, 4.69) is 15.4 Å². The molecule has 0 spiro atoms. The van der Waals surface area contributed by atoms with Gasteiger partial charge in [0.05, 0.1) is 13.5 Å². The summed E-state index contributed by atoms with van der Waals surface area (Å²) in [6.07, 6.45) is 5.22. The van der Waals surface area contributed by atoms with Crippen LogP contribution < -0.4 is 0 Å². The Bertz CT molecular complexity index is 394. The zero-order valence-corrected chi connectivity index (χ0v) is 10.1. The lowest BCUT2D eigenvalue weighted by Gasteiger charge is -2.24. The molecule has 1 aromatic heterocycles. The number of Topliss-reactive ketones (excluding diaryl/α,β-unsaturated/α-hetero) is 1. The molecule has 1 N–H and O–H groups in total. The van der Waals surface area contributed by atoms with Gasteiger partial charge in [-0.05, 0) is 18.1 Å². The van der Waals surface area contributed by atoms with Crippen LogP contribution in [-0.4, -0.2) is 36.7 Å². The van der Waals surface area contributed by atoms with Crippen LogP contribution in [-0.2, 0) is 18.3 Å². The highest BCUT2D eigenvalue weighted by Gasteiger charge is 2.36. The van der Waals surface area contributed by atoms with Crippen molar-refractivity contribution in [3.05, 3.63) is 5.82 Å². The van der Waals surface area contributed by atoms with Crippen molar-refractivity contribution in [1.29, 1.82) is 0 Å². The summed E-state index contributed by atoms with van der Waals surface area (Å²) in [6.45, 7) is 0. The summed E-state index contributed by atoms with van der Waals surface area (Å²) < 4.78 is 0. The van der Waals surface area contributed by atoms with Crippen molar-refractivity contribution in [3.8, 4) is 0 Å². The van der Waals surface area contributed by atoms with Gasteiger partial charge in [-0.2, -0.15) is 4.80 Å². The number of aryl methyl sites for hydroxylation is 1. The molecule has 0 radical (unpaired) electrons. The van der Waals surface area contributed by atoms with E-state index in [4.69, 9.17) is 0 Å². The summed E-state index contributed by atoms with van der Waals surface area (Å²) in [5.41, 5.74) is -1.17. The molecule has 0 atom stereocenters. The topological polar surface area (TPSA) is 80.9 Å². The van der Waals surface area contributed by atoms with Crippen molar-refractivity contribution in [2.45, 2.75) is 50.5 Å². The number of carbonyl (C=O) groups is 1. The summed E-state index contributed by atoms with van der Waals surface area (Å²) in [5, 5.41) is 21.8. The Morgan fingerprint density at radius 1 is 1.35 bits per heavy atom. The second-order valence-corrected chi connectivity index (χ2v) is 4.74. The molecule has 0 bridgehead atoms. The second-order valence-electron chi connectivity index (χ2n) is 4.74. The standard InChI is InChI=1S/C11H18N4O2/c1-15-13-10(12-14-15)8-9(16)11(17)6-4-2-3-5-7-11/h17H,2-8H2,1H3. The van der Waals surface area contributed by atoms with Gasteiger partial charge in [0.15, 0.2) is 11.6 Å². The van der Waals surface area contributed by atoms with Gasteiger partial charge in [0.25, 0.3) is 0 Å². The molecule has 1 aliphatic rings. The molecule has 0 aromatic carbocycles. The lowest BCUT2D eigenvalue weighted by molar-refractivity contribution is -0.138. The van der Waals surface area contributed by atoms with Gasteiger partial charge in [0, 0.05) is 0 Å². The van der Waals surface area contributed by atoms with E-state index in [9.17, 15) is 9.90 Å². The highest BCUT2D eigenvalue weighted by atomic mass is 16.3.